The van der Waals surface area contributed by atoms with Gasteiger partial charge in [0, 0.05) is 49.2 Å². The van der Waals surface area contributed by atoms with Crippen LogP contribution in [0, 0.1) is 0 Å². The Morgan fingerprint density at radius 2 is 1.73 bits per heavy atom. The van der Waals surface area contributed by atoms with Gasteiger partial charge in [-0.05, 0) is 47.9 Å². The summed E-state index contributed by atoms with van der Waals surface area (Å²) in [5.41, 5.74) is 3.18. The second kappa shape index (κ2) is 15.2. The van der Waals surface area contributed by atoms with Crippen LogP contribution >= 0.6 is 15.9 Å². The van der Waals surface area contributed by atoms with Crippen LogP contribution in [0.1, 0.15) is 36.6 Å². The molecule has 0 radical (unpaired) electrons. The summed E-state index contributed by atoms with van der Waals surface area (Å²) in [5, 5.41) is 0. The molecule has 0 bridgehead atoms. The van der Waals surface area contributed by atoms with Crippen LogP contribution in [0.15, 0.2) is 83.5 Å². The number of unbranched alkanes of at least 4 members (excludes halogenated alkanes) is 1. The Kier molecular flexibility index (Phi) is 11.7. The minimum Gasteiger partial charge on any atom is -0.383 e. The van der Waals surface area contributed by atoms with Crippen LogP contribution in [-0.4, -0.2) is 59.5 Å². The molecule has 1 heterocycles. The SMILES string of the molecule is CCCCN(Cc1cccn1Cc1ccc(Br)cc1)C(=O)CN(CCOC)C(=O)/C=C/c1ccccc1. The van der Waals surface area contributed by atoms with Crippen molar-refractivity contribution in [2.45, 2.75) is 32.9 Å². The Labute approximate surface area is 228 Å². The van der Waals surface area contributed by atoms with Crippen molar-refractivity contribution in [3.05, 3.63) is 100 Å². The summed E-state index contributed by atoms with van der Waals surface area (Å²) in [6.07, 6.45) is 7.23. The van der Waals surface area contributed by atoms with Crippen molar-refractivity contribution >= 4 is 33.8 Å². The van der Waals surface area contributed by atoms with Crippen molar-refractivity contribution < 1.29 is 14.3 Å². The predicted molar refractivity (Wildman–Crippen MR) is 152 cm³/mol. The van der Waals surface area contributed by atoms with Gasteiger partial charge < -0.3 is 19.1 Å². The third-order valence-electron chi connectivity index (χ3n) is 6.10. The van der Waals surface area contributed by atoms with Crippen molar-refractivity contribution in [3.63, 3.8) is 0 Å². The molecule has 6 nitrogen and oxygen atoms in total. The Hall–Kier alpha value is -3.16. The monoisotopic (exact) mass is 565 g/mol. The molecule has 0 aliphatic carbocycles. The molecule has 0 atom stereocenters. The number of benzene rings is 2. The lowest BCUT2D eigenvalue weighted by Crippen LogP contribution is -2.44. The van der Waals surface area contributed by atoms with Crippen molar-refractivity contribution in [2.24, 2.45) is 0 Å². The number of halogens is 1. The topological polar surface area (TPSA) is 54.8 Å². The smallest absolute Gasteiger partial charge is 0.247 e. The van der Waals surface area contributed by atoms with Crippen LogP contribution in [0.25, 0.3) is 6.08 Å². The molecule has 0 N–H and O–H groups in total. The molecule has 1 aromatic heterocycles. The van der Waals surface area contributed by atoms with Gasteiger partial charge in [-0.3, -0.25) is 9.59 Å². The molecule has 2 aromatic carbocycles. The lowest BCUT2D eigenvalue weighted by atomic mass is 10.2. The van der Waals surface area contributed by atoms with E-state index in [1.807, 2.05) is 59.6 Å². The molecule has 2 amide bonds. The molecule has 3 aromatic rings. The number of carbonyl (C=O) groups is 2. The predicted octanol–water partition coefficient (Wildman–Crippen LogP) is 5.62. The van der Waals surface area contributed by atoms with Gasteiger partial charge in [-0.1, -0.05) is 71.7 Å². The minimum absolute atomic E-state index is 0.0124. The Morgan fingerprint density at radius 1 is 0.973 bits per heavy atom. The highest BCUT2D eigenvalue weighted by atomic mass is 79.9. The highest BCUT2D eigenvalue weighted by molar-refractivity contribution is 9.10. The molecule has 37 heavy (non-hydrogen) atoms. The van der Waals surface area contributed by atoms with Crippen LogP contribution in [0.4, 0.5) is 0 Å². The average molecular weight is 567 g/mol. The van der Waals surface area contributed by atoms with Gasteiger partial charge in [0.05, 0.1) is 13.2 Å². The van der Waals surface area contributed by atoms with E-state index in [2.05, 4.69) is 45.6 Å². The summed E-state index contributed by atoms with van der Waals surface area (Å²) in [6, 6.07) is 22.0. The number of ether oxygens (including phenoxy) is 1. The number of rotatable bonds is 14. The van der Waals surface area contributed by atoms with Crippen LogP contribution in [-0.2, 0) is 27.4 Å². The van der Waals surface area contributed by atoms with Gasteiger partial charge in [0.25, 0.3) is 0 Å². The third kappa shape index (κ3) is 9.34. The highest BCUT2D eigenvalue weighted by Gasteiger charge is 2.21. The number of hydrogen-bond acceptors (Lipinski definition) is 3. The quantitative estimate of drug-likeness (QED) is 0.238. The standard InChI is InChI=1S/C30H36BrN3O3/c1-3-4-18-33(23-28-11-8-19-32(28)22-26-12-15-27(31)16-13-26)30(36)24-34(20-21-37-2)29(35)17-14-25-9-6-5-7-10-25/h5-17,19H,3-4,18,20-24H2,1-2H3/b17-14+. The summed E-state index contributed by atoms with van der Waals surface area (Å²) in [5.74, 6) is -0.272. The van der Waals surface area contributed by atoms with E-state index in [1.54, 1.807) is 18.1 Å². The normalized spacial score (nSPS) is 11.1. The largest absolute Gasteiger partial charge is 0.383 e. The summed E-state index contributed by atoms with van der Waals surface area (Å²) < 4.78 is 8.43. The Balaban J connectivity index is 1.71. The molecule has 0 aliphatic heterocycles. The summed E-state index contributed by atoms with van der Waals surface area (Å²) in [4.78, 5) is 29.9. The van der Waals surface area contributed by atoms with Gasteiger partial charge in [-0.2, -0.15) is 0 Å². The molecule has 0 unspecified atom stereocenters. The van der Waals surface area contributed by atoms with E-state index in [0.29, 0.717) is 26.2 Å². The van der Waals surface area contributed by atoms with Crippen LogP contribution in [0.5, 0.6) is 0 Å². The summed E-state index contributed by atoms with van der Waals surface area (Å²) >= 11 is 3.49. The Morgan fingerprint density at radius 3 is 2.43 bits per heavy atom. The van der Waals surface area contributed by atoms with Gasteiger partial charge in [-0.15, -0.1) is 0 Å². The molecule has 0 fully saturated rings. The second-order valence-electron chi connectivity index (χ2n) is 8.92. The minimum atomic E-state index is -0.205. The van der Waals surface area contributed by atoms with E-state index in [-0.39, 0.29) is 18.4 Å². The van der Waals surface area contributed by atoms with E-state index in [4.69, 9.17) is 4.74 Å². The van der Waals surface area contributed by atoms with Gasteiger partial charge in [-0.25, -0.2) is 0 Å². The van der Waals surface area contributed by atoms with Crippen molar-refractivity contribution in [2.75, 3.05) is 33.4 Å². The summed E-state index contributed by atoms with van der Waals surface area (Å²) in [7, 11) is 1.59. The molecule has 3 rings (SSSR count). The molecule has 0 aliphatic rings. The molecular formula is C30H36BrN3O3. The van der Waals surface area contributed by atoms with E-state index in [0.717, 1.165) is 35.1 Å². The van der Waals surface area contributed by atoms with Gasteiger partial charge >= 0.3 is 0 Å². The maximum atomic E-state index is 13.5. The number of carbonyl (C=O) groups excluding carboxylic acids is 2. The van der Waals surface area contributed by atoms with Gasteiger partial charge in [0.15, 0.2) is 0 Å². The first-order valence-corrected chi connectivity index (χ1v) is 13.5. The zero-order valence-corrected chi connectivity index (χ0v) is 23.3. The third-order valence-corrected chi connectivity index (χ3v) is 6.63. The maximum absolute atomic E-state index is 13.5. The molecule has 0 saturated heterocycles. The highest BCUT2D eigenvalue weighted by Crippen LogP contribution is 2.15. The number of nitrogens with zero attached hydrogens (tertiary/aromatic N) is 3. The van der Waals surface area contributed by atoms with Crippen molar-refractivity contribution in [3.8, 4) is 0 Å². The van der Waals surface area contributed by atoms with Crippen LogP contribution in [0.3, 0.4) is 0 Å². The van der Waals surface area contributed by atoms with E-state index >= 15 is 0 Å². The average Bonchev–Trinajstić information content (AvgIpc) is 3.35. The van der Waals surface area contributed by atoms with E-state index < -0.39 is 0 Å². The zero-order chi connectivity index (χ0) is 26.5. The molecule has 7 heteroatoms. The number of aromatic nitrogens is 1. The summed E-state index contributed by atoms with van der Waals surface area (Å²) in [6.45, 7) is 4.71. The Bertz CT molecular complexity index is 1140. The molecular weight excluding hydrogens is 530 g/mol. The van der Waals surface area contributed by atoms with Gasteiger partial charge in [0.2, 0.25) is 11.8 Å². The van der Waals surface area contributed by atoms with E-state index in [9.17, 15) is 9.59 Å². The number of amides is 2. The lowest BCUT2D eigenvalue weighted by Gasteiger charge is -2.27. The maximum Gasteiger partial charge on any atom is 0.247 e. The van der Waals surface area contributed by atoms with E-state index in [1.165, 1.54) is 11.6 Å². The number of methoxy groups -OCH3 is 1. The van der Waals surface area contributed by atoms with Gasteiger partial charge in [0.1, 0.15) is 6.54 Å². The first-order chi connectivity index (χ1) is 18.0. The van der Waals surface area contributed by atoms with Crippen LogP contribution in [0.2, 0.25) is 0 Å². The molecule has 0 saturated carbocycles. The fourth-order valence-corrected chi connectivity index (χ4v) is 4.20. The van der Waals surface area contributed by atoms with Crippen molar-refractivity contribution in [1.82, 2.24) is 14.4 Å². The molecule has 196 valence electrons. The van der Waals surface area contributed by atoms with Crippen molar-refractivity contribution in [1.29, 1.82) is 0 Å². The fraction of sp³-hybridized carbons (Fsp3) is 0.333. The molecule has 0 spiro atoms. The zero-order valence-electron chi connectivity index (χ0n) is 21.7. The first-order valence-electron chi connectivity index (χ1n) is 12.7. The second-order valence-corrected chi connectivity index (χ2v) is 9.84. The lowest BCUT2D eigenvalue weighted by molar-refractivity contribution is -0.139. The van der Waals surface area contributed by atoms with Crippen LogP contribution < -0.4 is 0 Å². The fourth-order valence-electron chi connectivity index (χ4n) is 3.94. The first kappa shape index (κ1) is 28.4. The number of hydrogen-bond donors (Lipinski definition) is 0.